The van der Waals surface area contributed by atoms with Crippen molar-refractivity contribution in [3.63, 3.8) is 0 Å². The average Bonchev–Trinajstić information content (AvgIpc) is 3.12. The summed E-state index contributed by atoms with van der Waals surface area (Å²) in [7, 11) is 1.35. The van der Waals surface area contributed by atoms with Gasteiger partial charge in [0, 0.05) is 0 Å². The van der Waals surface area contributed by atoms with Gasteiger partial charge < -0.3 is 14.5 Å². The Hall–Kier alpha value is -1.29. The minimum Gasteiger partial charge on any atom is -0.463 e. The zero-order valence-corrected chi connectivity index (χ0v) is 11.2. The van der Waals surface area contributed by atoms with Gasteiger partial charge >= 0.3 is 5.97 Å². The van der Waals surface area contributed by atoms with E-state index in [-0.39, 0.29) is 11.8 Å². The predicted octanol–water partition coefficient (Wildman–Crippen LogP) is 2.76. The van der Waals surface area contributed by atoms with Crippen LogP contribution in [0.5, 0.6) is 0 Å². The van der Waals surface area contributed by atoms with E-state index in [9.17, 15) is 4.79 Å². The van der Waals surface area contributed by atoms with E-state index >= 15 is 0 Å². The van der Waals surface area contributed by atoms with Crippen molar-refractivity contribution in [3.05, 3.63) is 23.7 Å². The van der Waals surface area contributed by atoms with Crippen LogP contribution in [0.15, 0.2) is 16.5 Å². The number of rotatable bonds is 6. The summed E-state index contributed by atoms with van der Waals surface area (Å²) < 4.78 is 10.1. The van der Waals surface area contributed by atoms with E-state index < -0.39 is 5.97 Å². The van der Waals surface area contributed by atoms with Crippen LogP contribution in [0.2, 0.25) is 0 Å². The van der Waals surface area contributed by atoms with Crippen molar-refractivity contribution in [1.82, 2.24) is 5.32 Å². The molecule has 0 bridgehead atoms. The number of carbonyl (C=O) groups is 1. The van der Waals surface area contributed by atoms with Crippen LogP contribution in [-0.4, -0.2) is 19.6 Å². The van der Waals surface area contributed by atoms with E-state index in [0.717, 1.165) is 18.2 Å². The highest BCUT2D eigenvalue weighted by molar-refractivity contribution is 5.86. The van der Waals surface area contributed by atoms with E-state index in [1.54, 1.807) is 6.07 Å². The van der Waals surface area contributed by atoms with Crippen molar-refractivity contribution in [3.8, 4) is 0 Å². The van der Waals surface area contributed by atoms with Gasteiger partial charge in [0.05, 0.1) is 13.2 Å². The third-order valence-corrected chi connectivity index (χ3v) is 3.61. The number of carbonyl (C=O) groups excluding carboxylic acids is 1. The first-order valence-corrected chi connectivity index (χ1v) is 6.53. The molecule has 1 aromatic rings. The third kappa shape index (κ3) is 3.13. The molecule has 1 saturated carbocycles. The summed E-state index contributed by atoms with van der Waals surface area (Å²) in [4.78, 5) is 11.3. The second-order valence-corrected chi connectivity index (χ2v) is 5.14. The van der Waals surface area contributed by atoms with Crippen LogP contribution >= 0.6 is 0 Å². The second kappa shape index (κ2) is 5.57. The zero-order chi connectivity index (χ0) is 13.1. The second-order valence-electron chi connectivity index (χ2n) is 5.14. The van der Waals surface area contributed by atoms with E-state index in [0.29, 0.717) is 5.92 Å². The lowest BCUT2D eigenvalue weighted by Crippen LogP contribution is -2.25. The Bertz CT molecular complexity index is 409. The Labute approximate surface area is 108 Å². The fourth-order valence-electron chi connectivity index (χ4n) is 2.09. The van der Waals surface area contributed by atoms with Gasteiger partial charge in [0.1, 0.15) is 5.76 Å². The van der Waals surface area contributed by atoms with Gasteiger partial charge in [-0.1, -0.05) is 6.92 Å². The number of ether oxygens (including phenoxy) is 1. The minimum atomic E-state index is -0.431. The fourth-order valence-corrected chi connectivity index (χ4v) is 2.09. The molecule has 0 radical (unpaired) electrons. The summed E-state index contributed by atoms with van der Waals surface area (Å²) in [5.74, 6) is 2.21. The maximum Gasteiger partial charge on any atom is 0.373 e. The number of hydrogen-bond acceptors (Lipinski definition) is 4. The van der Waals surface area contributed by atoms with Crippen molar-refractivity contribution >= 4 is 5.97 Å². The molecule has 1 fully saturated rings. The molecule has 0 aliphatic heterocycles. The molecule has 2 rings (SSSR count). The highest BCUT2D eigenvalue weighted by Crippen LogP contribution is 2.36. The normalized spacial score (nSPS) is 18.4. The lowest BCUT2D eigenvalue weighted by atomic mass is 10.1. The molecule has 0 amide bonds. The van der Waals surface area contributed by atoms with Crippen molar-refractivity contribution in [2.45, 2.75) is 32.7 Å². The molecule has 1 heterocycles. The molecule has 2 unspecified atom stereocenters. The maximum absolute atomic E-state index is 11.3. The topological polar surface area (TPSA) is 51.5 Å². The molecular formula is C14H21NO3. The summed E-state index contributed by atoms with van der Waals surface area (Å²) in [5.41, 5.74) is 0. The van der Waals surface area contributed by atoms with Gasteiger partial charge in [-0.2, -0.15) is 0 Å². The van der Waals surface area contributed by atoms with Crippen molar-refractivity contribution in [2.24, 2.45) is 11.8 Å². The predicted molar refractivity (Wildman–Crippen MR) is 68.4 cm³/mol. The van der Waals surface area contributed by atoms with Crippen LogP contribution in [-0.2, 0) is 4.74 Å². The highest BCUT2D eigenvalue weighted by atomic mass is 16.5. The summed E-state index contributed by atoms with van der Waals surface area (Å²) >= 11 is 0. The monoisotopic (exact) mass is 251 g/mol. The van der Waals surface area contributed by atoms with E-state index in [4.69, 9.17) is 4.42 Å². The van der Waals surface area contributed by atoms with Gasteiger partial charge in [0.25, 0.3) is 0 Å². The molecule has 1 N–H and O–H groups in total. The van der Waals surface area contributed by atoms with Gasteiger partial charge in [0.2, 0.25) is 5.76 Å². The molecule has 4 nitrogen and oxygen atoms in total. The maximum atomic E-state index is 11.3. The van der Waals surface area contributed by atoms with Crippen molar-refractivity contribution in [2.75, 3.05) is 13.7 Å². The molecule has 0 saturated heterocycles. The first-order chi connectivity index (χ1) is 8.61. The largest absolute Gasteiger partial charge is 0.463 e. The first kappa shape index (κ1) is 13.1. The Morgan fingerprint density at radius 1 is 1.50 bits per heavy atom. The number of esters is 1. The van der Waals surface area contributed by atoms with Crippen molar-refractivity contribution < 1.29 is 13.9 Å². The van der Waals surface area contributed by atoms with Gasteiger partial charge in [-0.3, -0.25) is 0 Å². The van der Waals surface area contributed by atoms with Gasteiger partial charge in [-0.15, -0.1) is 0 Å². The molecule has 100 valence electrons. The smallest absolute Gasteiger partial charge is 0.373 e. The highest BCUT2D eigenvalue weighted by Gasteiger charge is 2.28. The van der Waals surface area contributed by atoms with Crippen molar-refractivity contribution in [1.29, 1.82) is 0 Å². The van der Waals surface area contributed by atoms with Crippen LogP contribution < -0.4 is 5.32 Å². The summed E-state index contributed by atoms with van der Waals surface area (Å²) in [6, 6.07) is 3.60. The summed E-state index contributed by atoms with van der Waals surface area (Å²) in [6.07, 6.45) is 2.73. The van der Waals surface area contributed by atoms with Crippen LogP contribution in [0.25, 0.3) is 0 Å². The van der Waals surface area contributed by atoms with Crippen LogP contribution in [0.3, 0.4) is 0 Å². The van der Waals surface area contributed by atoms with E-state index in [1.165, 1.54) is 20.0 Å². The Kier molecular flexibility index (Phi) is 4.07. The van der Waals surface area contributed by atoms with Gasteiger partial charge in [-0.25, -0.2) is 4.79 Å². The molecule has 0 aromatic carbocycles. The Morgan fingerprint density at radius 3 is 2.83 bits per heavy atom. The van der Waals surface area contributed by atoms with Crippen LogP contribution in [0.4, 0.5) is 0 Å². The minimum absolute atomic E-state index is 0.115. The van der Waals surface area contributed by atoms with Crippen LogP contribution in [0.1, 0.15) is 49.0 Å². The number of furan rings is 1. The van der Waals surface area contributed by atoms with Gasteiger partial charge in [0.15, 0.2) is 0 Å². The van der Waals surface area contributed by atoms with E-state index in [2.05, 4.69) is 17.0 Å². The average molecular weight is 251 g/mol. The molecule has 18 heavy (non-hydrogen) atoms. The molecule has 0 spiro atoms. The molecular weight excluding hydrogens is 230 g/mol. The quantitative estimate of drug-likeness (QED) is 0.790. The number of nitrogens with one attached hydrogen (secondary N) is 1. The molecule has 1 aromatic heterocycles. The lowest BCUT2D eigenvalue weighted by Gasteiger charge is -2.15. The molecule has 1 aliphatic rings. The molecule has 4 heteroatoms. The fraction of sp³-hybridized carbons (Fsp3) is 0.643. The Balaban J connectivity index is 1.85. The van der Waals surface area contributed by atoms with Crippen LogP contribution in [0, 0.1) is 11.8 Å². The first-order valence-electron chi connectivity index (χ1n) is 6.53. The number of methoxy groups -OCH3 is 1. The summed E-state index contributed by atoms with van der Waals surface area (Å²) in [6.45, 7) is 5.30. The van der Waals surface area contributed by atoms with E-state index in [1.807, 2.05) is 13.0 Å². The zero-order valence-electron chi connectivity index (χ0n) is 11.2. The SMILES string of the molecule is COC(=O)c1ccc(C(C)NCC(C)C2CC2)o1. The lowest BCUT2D eigenvalue weighted by molar-refractivity contribution is 0.0562. The third-order valence-electron chi connectivity index (χ3n) is 3.61. The number of hydrogen-bond donors (Lipinski definition) is 1. The Morgan fingerprint density at radius 2 is 2.22 bits per heavy atom. The molecule has 2 atom stereocenters. The standard InChI is InChI=1S/C14H21NO3/c1-9(11-4-5-11)8-15-10(2)12-6-7-13(18-12)14(16)17-3/h6-7,9-11,15H,4-5,8H2,1-3H3. The summed E-state index contributed by atoms with van der Waals surface area (Å²) in [5, 5.41) is 3.44. The molecule has 1 aliphatic carbocycles. The van der Waals surface area contributed by atoms with Gasteiger partial charge in [-0.05, 0) is 50.3 Å².